The Morgan fingerprint density at radius 3 is 2.04 bits per heavy atom. The van der Waals surface area contributed by atoms with Crippen molar-refractivity contribution < 1.29 is 19.4 Å². The van der Waals surface area contributed by atoms with Gasteiger partial charge in [0.1, 0.15) is 0 Å². The first-order chi connectivity index (χ1) is 13.7. The second-order valence-electron chi connectivity index (χ2n) is 7.53. The number of esters is 1. The van der Waals surface area contributed by atoms with Crippen LogP contribution >= 0.6 is 0 Å². The van der Waals surface area contributed by atoms with Gasteiger partial charge in [0.15, 0.2) is 11.7 Å². The van der Waals surface area contributed by atoms with Gasteiger partial charge in [0, 0.05) is 6.61 Å². The third kappa shape index (κ3) is 4.45. The molecule has 1 unspecified atom stereocenters. The fraction of sp³-hybridized carbons (Fsp3) is 0.458. The topological polar surface area (TPSA) is 55.8 Å². The van der Waals surface area contributed by atoms with Crippen LogP contribution in [0, 0.1) is 5.92 Å². The second kappa shape index (κ2) is 9.85. The van der Waals surface area contributed by atoms with Crippen molar-refractivity contribution >= 4 is 5.97 Å². The van der Waals surface area contributed by atoms with Crippen LogP contribution in [0.15, 0.2) is 60.7 Å². The minimum absolute atomic E-state index is 0.475. The number of rotatable bonds is 8. The standard InChI is InChI=1S/C24H30O4/c1-27-23(26)22(25)24(20-13-7-3-8-14-20,21-15-9-4-10-16-21)28-18-17-19-11-5-2-6-12-19/h3-4,7-10,13-16,19,22,25H,2,5-6,11-12,17-18H2,1H3. The van der Waals surface area contributed by atoms with Gasteiger partial charge in [-0.25, -0.2) is 4.79 Å². The highest BCUT2D eigenvalue weighted by Crippen LogP contribution is 2.38. The number of carbonyl (C=O) groups excluding carboxylic acids is 1. The van der Waals surface area contributed by atoms with Gasteiger partial charge in [0.25, 0.3) is 0 Å². The van der Waals surface area contributed by atoms with E-state index in [-0.39, 0.29) is 0 Å². The fourth-order valence-corrected chi connectivity index (χ4v) is 4.24. The van der Waals surface area contributed by atoms with Gasteiger partial charge in [-0.05, 0) is 23.5 Å². The number of ether oxygens (including phenoxy) is 2. The maximum Gasteiger partial charge on any atom is 0.338 e. The van der Waals surface area contributed by atoms with Crippen molar-refractivity contribution in [3.8, 4) is 0 Å². The molecule has 2 aromatic rings. The molecule has 4 nitrogen and oxygen atoms in total. The molecular weight excluding hydrogens is 352 g/mol. The number of methoxy groups -OCH3 is 1. The van der Waals surface area contributed by atoms with Gasteiger partial charge >= 0.3 is 5.97 Å². The van der Waals surface area contributed by atoms with Crippen molar-refractivity contribution in [3.63, 3.8) is 0 Å². The summed E-state index contributed by atoms with van der Waals surface area (Å²) < 4.78 is 11.3. The van der Waals surface area contributed by atoms with Gasteiger partial charge in [0.05, 0.1) is 7.11 Å². The molecule has 1 aliphatic rings. The van der Waals surface area contributed by atoms with E-state index in [1.165, 1.54) is 39.2 Å². The van der Waals surface area contributed by atoms with E-state index in [9.17, 15) is 9.90 Å². The number of aliphatic hydroxyl groups is 1. The van der Waals surface area contributed by atoms with E-state index < -0.39 is 17.7 Å². The van der Waals surface area contributed by atoms with Gasteiger partial charge in [0.2, 0.25) is 0 Å². The van der Waals surface area contributed by atoms with Crippen molar-refractivity contribution in [1.82, 2.24) is 0 Å². The molecule has 3 rings (SSSR count). The summed E-state index contributed by atoms with van der Waals surface area (Å²) in [6.45, 7) is 0.475. The highest BCUT2D eigenvalue weighted by Gasteiger charge is 2.47. The van der Waals surface area contributed by atoms with Gasteiger partial charge in [-0.2, -0.15) is 0 Å². The van der Waals surface area contributed by atoms with E-state index in [1.807, 2.05) is 60.7 Å². The lowest BCUT2D eigenvalue weighted by Gasteiger charge is -2.38. The maximum absolute atomic E-state index is 12.4. The molecular formula is C24H30O4. The Labute approximate surface area is 167 Å². The molecule has 0 heterocycles. The average molecular weight is 382 g/mol. The van der Waals surface area contributed by atoms with Gasteiger partial charge in [-0.3, -0.25) is 0 Å². The second-order valence-corrected chi connectivity index (χ2v) is 7.53. The number of aliphatic hydroxyl groups excluding tert-OH is 1. The van der Waals surface area contributed by atoms with Crippen molar-refractivity contribution in [2.24, 2.45) is 5.92 Å². The van der Waals surface area contributed by atoms with Crippen molar-refractivity contribution in [2.45, 2.75) is 50.2 Å². The summed E-state index contributed by atoms with van der Waals surface area (Å²) in [4.78, 5) is 12.4. The van der Waals surface area contributed by atoms with E-state index in [0.717, 1.165) is 17.5 Å². The minimum Gasteiger partial charge on any atom is -0.467 e. The third-order valence-corrected chi connectivity index (χ3v) is 5.80. The molecule has 0 spiro atoms. The Hall–Kier alpha value is -2.17. The van der Waals surface area contributed by atoms with E-state index >= 15 is 0 Å². The summed E-state index contributed by atoms with van der Waals surface area (Å²) in [6.07, 6.45) is 5.79. The van der Waals surface area contributed by atoms with Crippen LogP contribution in [0.1, 0.15) is 49.7 Å². The lowest BCUT2D eigenvalue weighted by Crippen LogP contribution is -2.48. The monoisotopic (exact) mass is 382 g/mol. The van der Waals surface area contributed by atoms with Gasteiger partial charge < -0.3 is 14.6 Å². The first-order valence-electron chi connectivity index (χ1n) is 10.2. The van der Waals surface area contributed by atoms with Crippen molar-refractivity contribution in [2.75, 3.05) is 13.7 Å². The van der Waals surface area contributed by atoms with E-state index in [2.05, 4.69) is 0 Å². The first kappa shape index (κ1) is 20.6. The molecule has 0 amide bonds. The van der Waals surface area contributed by atoms with Gasteiger partial charge in [-0.1, -0.05) is 92.8 Å². The summed E-state index contributed by atoms with van der Waals surface area (Å²) in [6, 6.07) is 18.9. The molecule has 0 aliphatic heterocycles. The van der Waals surface area contributed by atoms with Crippen LogP contribution in [0.2, 0.25) is 0 Å². The molecule has 4 heteroatoms. The van der Waals surface area contributed by atoms with Gasteiger partial charge in [-0.15, -0.1) is 0 Å². The normalized spacial score (nSPS) is 16.5. The number of hydrogen-bond acceptors (Lipinski definition) is 4. The average Bonchev–Trinajstić information content (AvgIpc) is 2.78. The zero-order valence-electron chi connectivity index (χ0n) is 16.5. The lowest BCUT2D eigenvalue weighted by molar-refractivity contribution is -0.171. The predicted molar refractivity (Wildman–Crippen MR) is 109 cm³/mol. The molecule has 1 saturated carbocycles. The van der Waals surface area contributed by atoms with Crippen LogP contribution in [-0.2, 0) is 19.9 Å². The molecule has 0 radical (unpaired) electrons. The molecule has 0 bridgehead atoms. The SMILES string of the molecule is COC(=O)C(O)C(OCCC1CCCCC1)(c1ccccc1)c1ccccc1. The zero-order chi connectivity index (χ0) is 19.8. The highest BCUT2D eigenvalue weighted by molar-refractivity contribution is 5.77. The molecule has 0 aromatic heterocycles. The minimum atomic E-state index is -1.46. The summed E-state index contributed by atoms with van der Waals surface area (Å²) in [5.74, 6) is -0.0568. The van der Waals surface area contributed by atoms with Crippen LogP contribution in [0.4, 0.5) is 0 Å². The number of hydrogen-bond donors (Lipinski definition) is 1. The van der Waals surface area contributed by atoms with Crippen LogP contribution in [0.25, 0.3) is 0 Å². The Morgan fingerprint density at radius 2 is 1.54 bits per heavy atom. The van der Waals surface area contributed by atoms with Crippen LogP contribution in [0.3, 0.4) is 0 Å². The Bertz CT molecular complexity index is 683. The summed E-state index contributed by atoms with van der Waals surface area (Å²) >= 11 is 0. The van der Waals surface area contributed by atoms with Crippen molar-refractivity contribution in [1.29, 1.82) is 0 Å². The molecule has 1 aliphatic carbocycles. The Morgan fingerprint density at radius 1 is 1.00 bits per heavy atom. The molecule has 1 atom stereocenters. The highest BCUT2D eigenvalue weighted by atomic mass is 16.6. The Kier molecular flexibility index (Phi) is 7.24. The van der Waals surface area contributed by atoms with E-state index in [0.29, 0.717) is 12.5 Å². The van der Waals surface area contributed by atoms with Crippen LogP contribution in [-0.4, -0.2) is 30.9 Å². The van der Waals surface area contributed by atoms with Crippen LogP contribution in [0.5, 0.6) is 0 Å². The third-order valence-electron chi connectivity index (χ3n) is 5.80. The largest absolute Gasteiger partial charge is 0.467 e. The predicted octanol–water partition coefficient (Wildman–Crippen LogP) is 4.45. The lowest BCUT2D eigenvalue weighted by atomic mass is 9.81. The zero-order valence-corrected chi connectivity index (χ0v) is 16.5. The molecule has 0 saturated heterocycles. The quantitative estimate of drug-likeness (QED) is 0.685. The summed E-state index contributed by atoms with van der Waals surface area (Å²) in [7, 11) is 1.29. The van der Waals surface area contributed by atoms with E-state index in [4.69, 9.17) is 9.47 Å². The first-order valence-corrected chi connectivity index (χ1v) is 10.2. The molecule has 150 valence electrons. The Balaban J connectivity index is 1.96. The molecule has 1 N–H and O–H groups in total. The molecule has 2 aromatic carbocycles. The van der Waals surface area contributed by atoms with Crippen LogP contribution < -0.4 is 0 Å². The van der Waals surface area contributed by atoms with E-state index in [1.54, 1.807) is 0 Å². The molecule has 28 heavy (non-hydrogen) atoms. The molecule has 1 fully saturated rings. The summed E-state index contributed by atoms with van der Waals surface area (Å²) in [5.41, 5.74) is 0.176. The van der Waals surface area contributed by atoms with Crippen molar-refractivity contribution in [3.05, 3.63) is 71.8 Å². The summed E-state index contributed by atoms with van der Waals surface area (Å²) in [5, 5.41) is 11.1. The number of benzene rings is 2. The maximum atomic E-state index is 12.4. The smallest absolute Gasteiger partial charge is 0.338 e. The number of carbonyl (C=O) groups is 1. The fourth-order valence-electron chi connectivity index (χ4n) is 4.24.